The maximum atomic E-state index is 11.8. The average Bonchev–Trinajstić information content (AvgIpc) is 3.10. The minimum atomic E-state index is -0.525. The van der Waals surface area contributed by atoms with Crippen molar-refractivity contribution >= 4 is 35.0 Å². The van der Waals surface area contributed by atoms with E-state index < -0.39 is 6.03 Å². The number of thiophene rings is 1. The van der Waals surface area contributed by atoms with Crippen LogP contribution in [0.5, 0.6) is 0 Å². The van der Waals surface area contributed by atoms with E-state index in [0.29, 0.717) is 17.7 Å². The first-order chi connectivity index (χ1) is 11.7. The fourth-order valence-corrected chi connectivity index (χ4v) is 3.62. The lowest BCUT2D eigenvalue weighted by Gasteiger charge is -2.08. The smallest absolute Gasteiger partial charge is 0.321 e. The maximum Gasteiger partial charge on any atom is 0.321 e. The van der Waals surface area contributed by atoms with Crippen LogP contribution in [-0.2, 0) is 4.79 Å². The second-order valence-corrected chi connectivity index (χ2v) is 7.11. The first-order valence-electron chi connectivity index (χ1n) is 7.49. The van der Waals surface area contributed by atoms with Crippen molar-refractivity contribution < 1.29 is 9.59 Å². The normalized spacial score (nSPS) is 13.5. The van der Waals surface area contributed by atoms with Gasteiger partial charge in [-0.25, -0.2) is 4.79 Å². The Hall–Kier alpha value is -2.13. The molecule has 2 aromatic rings. The summed E-state index contributed by atoms with van der Waals surface area (Å²) >= 11 is 2.91. The molecule has 2 N–H and O–H groups in total. The molecule has 2 heterocycles. The van der Waals surface area contributed by atoms with Crippen LogP contribution in [0.1, 0.15) is 18.9 Å². The summed E-state index contributed by atoms with van der Waals surface area (Å²) in [5.41, 5.74) is 0. The van der Waals surface area contributed by atoms with Gasteiger partial charge in [0.1, 0.15) is 0 Å². The van der Waals surface area contributed by atoms with E-state index >= 15 is 0 Å². The lowest BCUT2D eigenvalue weighted by molar-refractivity contribution is -0.117. The van der Waals surface area contributed by atoms with Crippen molar-refractivity contribution in [3.63, 3.8) is 0 Å². The lowest BCUT2D eigenvalue weighted by Crippen LogP contribution is -2.40. The van der Waals surface area contributed by atoms with Crippen LogP contribution in [0.4, 0.5) is 4.79 Å². The topological polar surface area (TPSA) is 88.9 Å². The first-order valence-corrected chi connectivity index (χ1v) is 9.35. The summed E-state index contributed by atoms with van der Waals surface area (Å²) in [4.78, 5) is 24.3. The van der Waals surface area contributed by atoms with Crippen LogP contribution in [0.15, 0.2) is 35.3 Å². The van der Waals surface area contributed by atoms with Gasteiger partial charge in [0.15, 0.2) is 11.0 Å². The Morgan fingerprint density at radius 3 is 2.96 bits per heavy atom. The highest BCUT2D eigenvalue weighted by Crippen LogP contribution is 2.41. The van der Waals surface area contributed by atoms with Crippen LogP contribution >= 0.6 is 23.1 Å². The summed E-state index contributed by atoms with van der Waals surface area (Å²) in [6.45, 7) is 3.81. The zero-order valence-electron chi connectivity index (χ0n) is 12.9. The fraction of sp³-hybridized carbons (Fsp3) is 0.333. The molecule has 0 aromatic carbocycles. The molecule has 0 aliphatic heterocycles. The van der Waals surface area contributed by atoms with Gasteiger partial charge in [0.2, 0.25) is 5.91 Å². The highest BCUT2D eigenvalue weighted by Gasteiger charge is 2.30. The first kappa shape index (κ1) is 16.7. The molecular formula is C15H17N5O2S2. The number of rotatable bonds is 7. The third kappa shape index (κ3) is 4.04. The molecule has 1 aliphatic carbocycles. The number of nitrogens with one attached hydrogen (secondary N) is 2. The number of thioether (sulfide) groups is 1. The van der Waals surface area contributed by atoms with Crippen molar-refractivity contribution in [1.29, 1.82) is 0 Å². The molecule has 3 amide bonds. The number of imide groups is 1. The van der Waals surface area contributed by atoms with E-state index in [-0.39, 0.29) is 11.7 Å². The van der Waals surface area contributed by atoms with Gasteiger partial charge in [0.05, 0.1) is 10.6 Å². The molecule has 0 atom stereocenters. The van der Waals surface area contributed by atoms with E-state index in [1.54, 1.807) is 17.4 Å². The highest BCUT2D eigenvalue weighted by atomic mass is 32.2. The summed E-state index contributed by atoms with van der Waals surface area (Å²) in [6, 6.07) is 3.87. The SMILES string of the molecule is C=CCNC(=O)NC(=O)CSc1nnc(-c2cccs2)n1C1CC1. The molecule has 1 fully saturated rings. The highest BCUT2D eigenvalue weighted by molar-refractivity contribution is 7.99. The predicted molar refractivity (Wildman–Crippen MR) is 94.1 cm³/mol. The molecule has 126 valence electrons. The molecule has 7 nitrogen and oxygen atoms in total. The second-order valence-electron chi connectivity index (χ2n) is 5.22. The fourth-order valence-electron chi connectivity index (χ4n) is 2.11. The molecule has 0 radical (unpaired) electrons. The van der Waals surface area contributed by atoms with Gasteiger partial charge in [-0.1, -0.05) is 23.9 Å². The van der Waals surface area contributed by atoms with Crippen LogP contribution in [0, 0.1) is 0 Å². The minimum Gasteiger partial charge on any atom is -0.334 e. The standard InChI is InChI=1S/C15H17N5O2S2/c1-2-7-16-14(22)17-12(21)9-24-15-19-18-13(11-4-3-8-23-11)20(15)10-5-6-10/h2-4,8,10H,1,5-7,9H2,(H2,16,17,21,22). The van der Waals surface area contributed by atoms with Crippen molar-refractivity contribution in [3.05, 3.63) is 30.2 Å². The molecule has 0 spiro atoms. The molecule has 9 heteroatoms. The lowest BCUT2D eigenvalue weighted by atomic mass is 10.4. The zero-order chi connectivity index (χ0) is 16.9. The van der Waals surface area contributed by atoms with Gasteiger partial charge >= 0.3 is 6.03 Å². The molecule has 24 heavy (non-hydrogen) atoms. The molecular weight excluding hydrogens is 346 g/mol. The van der Waals surface area contributed by atoms with E-state index in [9.17, 15) is 9.59 Å². The van der Waals surface area contributed by atoms with Crippen molar-refractivity contribution in [2.75, 3.05) is 12.3 Å². The Morgan fingerprint density at radius 2 is 2.29 bits per heavy atom. The maximum absolute atomic E-state index is 11.8. The molecule has 0 bridgehead atoms. The molecule has 0 saturated heterocycles. The average molecular weight is 363 g/mol. The Kier molecular flexibility index (Phi) is 5.31. The van der Waals surface area contributed by atoms with E-state index in [2.05, 4.69) is 32.0 Å². The summed E-state index contributed by atoms with van der Waals surface area (Å²) in [5, 5.41) is 16.0. The van der Waals surface area contributed by atoms with Crippen LogP contribution in [0.3, 0.4) is 0 Å². The monoisotopic (exact) mass is 363 g/mol. The van der Waals surface area contributed by atoms with Crippen molar-refractivity contribution in [2.24, 2.45) is 0 Å². The van der Waals surface area contributed by atoms with Gasteiger partial charge in [-0.3, -0.25) is 14.7 Å². The summed E-state index contributed by atoms with van der Waals surface area (Å²) in [6.07, 6.45) is 3.74. The van der Waals surface area contributed by atoms with Crippen molar-refractivity contribution in [2.45, 2.75) is 24.0 Å². The number of aromatic nitrogens is 3. The Labute approximate surface area is 147 Å². The van der Waals surface area contributed by atoms with Gasteiger partial charge in [0, 0.05) is 12.6 Å². The van der Waals surface area contributed by atoms with E-state index in [0.717, 1.165) is 23.5 Å². The van der Waals surface area contributed by atoms with Gasteiger partial charge in [-0.2, -0.15) is 0 Å². The van der Waals surface area contributed by atoms with Crippen LogP contribution in [-0.4, -0.2) is 39.0 Å². The summed E-state index contributed by atoms with van der Waals surface area (Å²) in [5.74, 6) is 0.584. The molecule has 1 saturated carbocycles. The van der Waals surface area contributed by atoms with Crippen molar-refractivity contribution in [3.8, 4) is 10.7 Å². The Morgan fingerprint density at radius 1 is 1.46 bits per heavy atom. The number of urea groups is 1. The van der Waals surface area contributed by atoms with Gasteiger partial charge in [-0.15, -0.1) is 28.1 Å². The van der Waals surface area contributed by atoms with Gasteiger partial charge in [0.25, 0.3) is 0 Å². The number of carbonyl (C=O) groups is 2. The molecule has 3 rings (SSSR count). The zero-order valence-corrected chi connectivity index (χ0v) is 14.5. The number of carbonyl (C=O) groups excluding carboxylic acids is 2. The van der Waals surface area contributed by atoms with Crippen LogP contribution in [0.2, 0.25) is 0 Å². The second kappa shape index (κ2) is 7.63. The third-order valence-corrected chi connectivity index (χ3v) is 5.12. The van der Waals surface area contributed by atoms with Crippen LogP contribution in [0.25, 0.3) is 10.7 Å². The molecule has 1 aliphatic rings. The van der Waals surface area contributed by atoms with E-state index in [4.69, 9.17) is 0 Å². The molecule has 0 unspecified atom stereocenters. The van der Waals surface area contributed by atoms with Gasteiger partial charge in [-0.05, 0) is 24.3 Å². The van der Waals surface area contributed by atoms with Gasteiger partial charge < -0.3 is 5.32 Å². The van der Waals surface area contributed by atoms with Crippen molar-refractivity contribution in [1.82, 2.24) is 25.4 Å². The molecule has 2 aromatic heterocycles. The number of nitrogens with zero attached hydrogens (tertiary/aromatic N) is 3. The predicted octanol–water partition coefficient (Wildman–Crippen LogP) is 2.45. The summed E-state index contributed by atoms with van der Waals surface area (Å²) in [7, 11) is 0. The largest absolute Gasteiger partial charge is 0.334 e. The van der Waals surface area contributed by atoms with E-state index in [1.165, 1.54) is 11.8 Å². The number of amides is 3. The summed E-state index contributed by atoms with van der Waals surface area (Å²) < 4.78 is 2.10. The van der Waals surface area contributed by atoms with E-state index in [1.807, 2.05) is 17.5 Å². The Bertz CT molecular complexity index is 737. The number of hydrogen-bond donors (Lipinski definition) is 2. The Balaban J connectivity index is 1.62. The van der Waals surface area contributed by atoms with Crippen LogP contribution < -0.4 is 10.6 Å². The quantitative estimate of drug-likeness (QED) is 0.583. The third-order valence-electron chi connectivity index (χ3n) is 3.31. The number of hydrogen-bond acceptors (Lipinski definition) is 6. The minimum absolute atomic E-state index is 0.108.